The number of carbonyl (C=O) groups excluding carboxylic acids is 1. The van der Waals surface area contributed by atoms with E-state index in [0.717, 1.165) is 0 Å². The van der Waals surface area contributed by atoms with Crippen molar-refractivity contribution >= 4 is 23.7 Å². The lowest BCUT2D eigenvalue weighted by atomic mass is 10.3. The van der Waals surface area contributed by atoms with E-state index in [4.69, 9.17) is 0 Å². The van der Waals surface area contributed by atoms with Gasteiger partial charge < -0.3 is 10.1 Å². The summed E-state index contributed by atoms with van der Waals surface area (Å²) >= 11 is 4.49. The van der Waals surface area contributed by atoms with E-state index in [1.54, 1.807) is 13.8 Å². The highest BCUT2D eigenvalue weighted by Gasteiger charge is 2.10. The SMILES string of the molecule is CCOC(=O)C(C)NC=S. The molecule has 0 radical (unpaired) electrons. The Morgan fingerprint density at radius 1 is 1.90 bits per heavy atom. The first-order valence-corrected chi connectivity index (χ1v) is 3.55. The predicted octanol–water partition coefficient (Wildman–Crippen LogP) is 0.485. The zero-order valence-electron chi connectivity index (χ0n) is 6.09. The minimum absolute atomic E-state index is 0.274. The lowest BCUT2D eigenvalue weighted by Crippen LogP contribution is -2.33. The second kappa shape index (κ2) is 5.17. The Morgan fingerprint density at radius 2 is 2.50 bits per heavy atom. The van der Waals surface area contributed by atoms with E-state index in [-0.39, 0.29) is 12.0 Å². The van der Waals surface area contributed by atoms with Crippen molar-refractivity contribution in [3.8, 4) is 0 Å². The molecule has 0 aromatic carbocycles. The van der Waals surface area contributed by atoms with Crippen LogP contribution in [0.3, 0.4) is 0 Å². The van der Waals surface area contributed by atoms with Gasteiger partial charge in [-0.15, -0.1) is 0 Å². The molecule has 3 nitrogen and oxygen atoms in total. The van der Waals surface area contributed by atoms with Crippen LogP contribution in [0.4, 0.5) is 0 Å². The summed E-state index contributed by atoms with van der Waals surface area (Å²) in [5.74, 6) is -0.274. The number of hydrogen-bond donors (Lipinski definition) is 1. The van der Waals surface area contributed by atoms with Crippen LogP contribution in [0.1, 0.15) is 13.8 Å². The van der Waals surface area contributed by atoms with Crippen LogP contribution in [-0.2, 0) is 9.53 Å². The molecule has 0 fully saturated rings. The second-order valence-corrected chi connectivity index (χ2v) is 1.99. The monoisotopic (exact) mass is 161 g/mol. The molecule has 0 saturated carbocycles. The maximum absolute atomic E-state index is 10.8. The quantitative estimate of drug-likeness (QED) is 0.481. The molecule has 0 bridgehead atoms. The first-order chi connectivity index (χ1) is 4.72. The van der Waals surface area contributed by atoms with Crippen LogP contribution in [-0.4, -0.2) is 24.1 Å². The van der Waals surface area contributed by atoms with Gasteiger partial charge in [0, 0.05) is 0 Å². The summed E-state index contributed by atoms with van der Waals surface area (Å²) in [6.07, 6.45) is 0. The number of nitrogens with one attached hydrogen (secondary N) is 1. The van der Waals surface area contributed by atoms with Crippen molar-refractivity contribution in [2.75, 3.05) is 6.61 Å². The van der Waals surface area contributed by atoms with Crippen molar-refractivity contribution < 1.29 is 9.53 Å². The summed E-state index contributed by atoms with van der Waals surface area (Å²) in [4.78, 5) is 10.8. The molecular formula is C6H11NO2S. The summed E-state index contributed by atoms with van der Waals surface area (Å²) in [7, 11) is 0. The van der Waals surface area contributed by atoms with Gasteiger partial charge in [0.1, 0.15) is 6.04 Å². The van der Waals surface area contributed by atoms with Gasteiger partial charge in [0.05, 0.1) is 12.1 Å². The van der Waals surface area contributed by atoms with Crippen LogP contribution in [0.2, 0.25) is 0 Å². The van der Waals surface area contributed by atoms with E-state index in [9.17, 15) is 4.79 Å². The second-order valence-electron chi connectivity index (χ2n) is 1.76. The highest BCUT2D eigenvalue weighted by molar-refractivity contribution is 7.78. The number of ether oxygens (including phenoxy) is 1. The van der Waals surface area contributed by atoms with Gasteiger partial charge in [-0.1, -0.05) is 12.2 Å². The molecule has 0 heterocycles. The van der Waals surface area contributed by atoms with Crippen LogP contribution in [0.25, 0.3) is 0 Å². The fourth-order valence-electron chi connectivity index (χ4n) is 0.437. The first kappa shape index (κ1) is 9.36. The summed E-state index contributed by atoms with van der Waals surface area (Å²) in [6.45, 7) is 3.87. The largest absolute Gasteiger partial charge is 0.464 e. The molecule has 0 aliphatic rings. The van der Waals surface area contributed by atoms with Crippen LogP contribution < -0.4 is 5.32 Å². The Balaban J connectivity index is 3.58. The van der Waals surface area contributed by atoms with Crippen molar-refractivity contribution in [3.05, 3.63) is 0 Å². The van der Waals surface area contributed by atoms with Gasteiger partial charge in [0.15, 0.2) is 0 Å². The Hall–Kier alpha value is -0.640. The molecule has 58 valence electrons. The average molecular weight is 161 g/mol. The highest BCUT2D eigenvalue weighted by Crippen LogP contribution is 1.85. The molecule has 1 N–H and O–H groups in total. The molecule has 0 amide bonds. The molecule has 10 heavy (non-hydrogen) atoms. The molecule has 0 spiro atoms. The number of hydrogen-bond acceptors (Lipinski definition) is 3. The van der Waals surface area contributed by atoms with Gasteiger partial charge in [-0.2, -0.15) is 0 Å². The molecule has 1 unspecified atom stereocenters. The van der Waals surface area contributed by atoms with Crippen LogP contribution in [0.15, 0.2) is 0 Å². The van der Waals surface area contributed by atoms with Crippen molar-refractivity contribution in [2.45, 2.75) is 19.9 Å². The van der Waals surface area contributed by atoms with Crippen molar-refractivity contribution in [1.29, 1.82) is 0 Å². The van der Waals surface area contributed by atoms with Gasteiger partial charge in [-0.25, -0.2) is 4.79 Å². The van der Waals surface area contributed by atoms with Gasteiger partial charge in [-0.3, -0.25) is 0 Å². The van der Waals surface area contributed by atoms with Gasteiger partial charge in [-0.05, 0) is 13.8 Å². The predicted molar refractivity (Wildman–Crippen MR) is 42.9 cm³/mol. The molecule has 0 saturated heterocycles. The van der Waals surface area contributed by atoms with Gasteiger partial charge in [0.25, 0.3) is 0 Å². The summed E-state index contributed by atoms with van der Waals surface area (Å²) in [5.41, 5.74) is 1.31. The van der Waals surface area contributed by atoms with E-state index >= 15 is 0 Å². The van der Waals surface area contributed by atoms with E-state index < -0.39 is 0 Å². The van der Waals surface area contributed by atoms with Crippen LogP contribution in [0.5, 0.6) is 0 Å². The Labute approximate surface area is 65.7 Å². The molecule has 0 rings (SSSR count). The zero-order valence-corrected chi connectivity index (χ0v) is 6.90. The fourth-order valence-corrected chi connectivity index (χ4v) is 0.641. The topological polar surface area (TPSA) is 38.3 Å². The Morgan fingerprint density at radius 3 is 2.90 bits per heavy atom. The van der Waals surface area contributed by atoms with Crippen LogP contribution >= 0.6 is 12.2 Å². The molecule has 0 aliphatic heterocycles. The summed E-state index contributed by atoms with van der Waals surface area (Å²) < 4.78 is 4.69. The molecule has 0 aromatic rings. The first-order valence-electron chi connectivity index (χ1n) is 3.08. The number of esters is 1. The van der Waals surface area contributed by atoms with Crippen molar-refractivity contribution in [1.82, 2.24) is 5.32 Å². The minimum atomic E-state index is -0.336. The molecule has 1 atom stereocenters. The average Bonchev–Trinajstić information content (AvgIpc) is 1.89. The number of thiocarbonyl (C=S) groups is 1. The molecule has 4 heteroatoms. The normalized spacial score (nSPS) is 11.8. The lowest BCUT2D eigenvalue weighted by molar-refractivity contribution is -0.144. The summed E-state index contributed by atoms with van der Waals surface area (Å²) in [6, 6.07) is -0.336. The molecule has 0 aliphatic carbocycles. The smallest absolute Gasteiger partial charge is 0.328 e. The third-order valence-corrected chi connectivity index (χ3v) is 1.09. The van der Waals surface area contributed by atoms with Crippen molar-refractivity contribution in [3.63, 3.8) is 0 Å². The Kier molecular flexibility index (Phi) is 4.84. The lowest BCUT2D eigenvalue weighted by Gasteiger charge is -2.08. The molecular weight excluding hydrogens is 150 g/mol. The number of carbonyl (C=O) groups is 1. The van der Waals surface area contributed by atoms with Crippen LogP contribution in [0, 0.1) is 0 Å². The maximum atomic E-state index is 10.8. The summed E-state index contributed by atoms with van der Waals surface area (Å²) in [5, 5.41) is 2.65. The highest BCUT2D eigenvalue weighted by atomic mass is 32.1. The van der Waals surface area contributed by atoms with E-state index in [2.05, 4.69) is 22.3 Å². The molecule has 0 aromatic heterocycles. The zero-order chi connectivity index (χ0) is 7.98. The minimum Gasteiger partial charge on any atom is -0.464 e. The van der Waals surface area contributed by atoms with Crippen molar-refractivity contribution in [2.24, 2.45) is 0 Å². The van der Waals surface area contributed by atoms with E-state index in [0.29, 0.717) is 6.61 Å². The van der Waals surface area contributed by atoms with E-state index in [1.807, 2.05) is 0 Å². The maximum Gasteiger partial charge on any atom is 0.328 e. The number of rotatable bonds is 4. The van der Waals surface area contributed by atoms with Gasteiger partial charge in [0.2, 0.25) is 0 Å². The Bertz CT molecular complexity index is 127. The van der Waals surface area contributed by atoms with E-state index in [1.165, 1.54) is 5.49 Å². The van der Waals surface area contributed by atoms with Gasteiger partial charge >= 0.3 is 5.97 Å². The third kappa shape index (κ3) is 3.40. The standard InChI is InChI=1S/C6H11NO2S/c1-3-9-6(8)5(2)7-4-10/h4-5H,3H2,1-2H3,(H,7,10). The third-order valence-electron chi connectivity index (χ3n) is 0.958. The fraction of sp³-hybridized carbons (Fsp3) is 0.667.